The van der Waals surface area contributed by atoms with Crippen LogP contribution in [-0.4, -0.2) is 67.4 Å². The van der Waals surface area contributed by atoms with E-state index in [0.29, 0.717) is 22.7 Å². The van der Waals surface area contributed by atoms with E-state index in [4.69, 9.17) is 13.3 Å². The number of anilines is 1. The van der Waals surface area contributed by atoms with Gasteiger partial charge >= 0.3 is 0 Å². The van der Waals surface area contributed by atoms with Gasteiger partial charge in [0.15, 0.2) is 10.7 Å². The molecule has 1 saturated heterocycles. The Morgan fingerprint density at radius 2 is 1.95 bits per heavy atom. The molecule has 3 heterocycles. The molecule has 2 aromatic heterocycles. The normalized spacial score (nSPS) is 15.4. The minimum atomic E-state index is -3.97. The van der Waals surface area contributed by atoms with Gasteiger partial charge in [-0.15, -0.1) is 0 Å². The third-order valence-electron chi connectivity index (χ3n) is 5.78. The largest absolute Gasteiger partial charge is 0.485 e. The highest BCUT2D eigenvalue weighted by atomic mass is 32.2. The van der Waals surface area contributed by atoms with Crippen molar-refractivity contribution in [3.8, 4) is 5.75 Å². The lowest BCUT2D eigenvalue weighted by atomic mass is 10.2. The van der Waals surface area contributed by atoms with Gasteiger partial charge in [-0.05, 0) is 37.3 Å². The molecule has 1 unspecified atom stereocenters. The van der Waals surface area contributed by atoms with E-state index in [0.717, 1.165) is 40.2 Å². The van der Waals surface area contributed by atoms with Crippen molar-refractivity contribution in [2.45, 2.75) is 17.9 Å². The smallest absolute Gasteiger partial charge is 0.297 e. The van der Waals surface area contributed by atoms with Gasteiger partial charge in [0.2, 0.25) is 5.89 Å². The molecule has 1 aliphatic heterocycles. The Hall–Kier alpha value is -2.90. The van der Waals surface area contributed by atoms with E-state index in [2.05, 4.69) is 14.9 Å². The van der Waals surface area contributed by atoms with Gasteiger partial charge in [0, 0.05) is 47.8 Å². The number of oxazole rings is 1. The lowest BCUT2D eigenvalue weighted by Gasteiger charge is -2.25. The van der Waals surface area contributed by atoms with Crippen molar-refractivity contribution in [1.82, 2.24) is 9.97 Å². The van der Waals surface area contributed by atoms with Crippen LogP contribution in [0.15, 0.2) is 58.0 Å². The summed E-state index contributed by atoms with van der Waals surface area (Å²) in [5.74, 6) is 3.08. The van der Waals surface area contributed by atoms with Crippen LogP contribution in [0.3, 0.4) is 0 Å². The summed E-state index contributed by atoms with van der Waals surface area (Å²) in [6.07, 6.45) is 4.68. The maximum atomic E-state index is 12.4. The number of thiazole rings is 1. The first-order valence-electron chi connectivity index (χ1n) is 12.0. The minimum Gasteiger partial charge on any atom is -0.485 e. The van der Waals surface area contributed by atoms with Crippen LogP contribution in [0.5, 0.6) is 5.75 Å². The van der Waals surface area contributed by atoms with E-state index < -0.39 is 22.8 Å². The minimum absolute atomic E-state index is 0.0450. The molecule has 1 fully saturated rings. The van der Waals surface area contributed by atoms with Gasteiger partial charge in [0.1, 0.15) is 24.0 Å². The van der Waals surface area contributed by atoms with Gasteiger partial charge in [-0.3, -0.25) is 4.18 Å². The van der Waals surface area contributed by atoms with Crippen LogP contribution in [-0.2, 0) is 14.3 Å². The fourth-order valence-electron chi connectivity index (χ4n) is 3.73. The summed E-state index contributed by atoms with van der Waals surface area (Å²) in [5.41, 5.74) is 2.08. The number of fused-ring (bicyclic) bond motifs is 1. The maximum absolute atomic E-state index is 12.4. The van der Waals surface area contributed by atoms with Crippen molar-refractivity contribution in [2.75, 3.05) is 42.7 Å². The summed E-state index contributed by atoms with van der Waals surface area (Å²) in [6, 6.07) is 11.4. The van der Waals surface area contributed by atoms with Gasteiger partial charge < -0.3 is 19.2 Å². The SMILES string of the molecule is Cc1ccc(S(=O)(=O)OCC(CO)Oc2ccc3nc(/C=C/c4cnc(N5CCSCC5)s4)oc3c2)cc1. The van der Waals surface area contributed by atoms with Crippen LogP contribution in [0.1, 0.15) is 16.3 Å². The van der Waals surface area contributed by atoms with Crippen LogP contribution in [0.25, 0.3) is 23.3 Å². The van der Waals surface area contributed by atoms with Crippen LogP contribution in [0, 0.1) is 6.92 Å². The number of aliphatic hydroxyl groups is 1. The van der Waals surface area contributed by atoms with E-state index in [1.165, 1.54) is 12.1 Å². The predicted molar refractivity (Wildman–Crippen MR) is 150 cm³/mol. The number of aromatic nitrogens is 2. The predicted octanol–water partition coefficient (Wildman–Crippen LogP) is 4.46. The fraction of sp³-hybridized carbons (Fsp3) is 0.308. The topological polar surface area (TPSA) is 115 Å². The lowest BCUT2D eigenvalue weighted by Crippen LogP contribution is -2.32. The second kappa shape index (κ2) is 11.9. The number of aliphatic hydroxyl groups excluding tert-OH is 1. The summed E-state index contributed by atoms with van der Waals surface area (Å²) < 4.78 is 41.6. The Morgan fingerprint density at radius 3 is 2.71 bits per heavy atom. The van der Waals surface area contributed by atoms with Crippen molar-refractivity contribution in [1.29, 1.82) is 0 Å². The van der Waals surface area contributed by atoms with E-state index in [1.54, 1.807) is 47.7 Å². The quantitative estimate of drug-likeness (QED) is 0.273. The first-order valence-corrected chi connectivity index (χ1v) is 15.4. The number of rotatable bonds is 10. The highest BCUT2D eigenvalue weighted by molar-refractivity contribution is 7.99. The highest BCUT2D eigenvalue weighted by Gasteiger charge is 2.20. The molecule has 4 aromatic rings. The molecule has 0 spiro atoms. The lowest BCUT2D eigenvalue weighted by molar-refractivity contribution is 0.0741. The zero-order chi connectivity index (χ0) is 26.5. The molecule has 0 aliphatic carbocycles. The van der Waals surface area contributed by atoms with Crippen LogP contribution in [0.2, 0.25) is 0 Å². The average molecular weight is 574 g/mol. The number of aryl methyl sites for hydroxylation is 1. The summed E-state index contributed by atoms with van der Waals surface area (Å²) in [5, 5.41) is 10.7. The van der Waals surface area contributed by atoms with Gasteiger partial charge in [-0.2, -0.15) is 20.2 Å². The molecule has 1 atom stereocenters. The van der Waals surface area contributed by atoms with Crippen LogP contribution < -0.4 is 9.64 Å². The third kappa shape index (κ3) is 6.56. The Balaban J connectivity index is 1.21. The molecular formula is C26H27N3O6S3. The zero-order valence-electron chi connectivity index (χ0n) is 20.6. The zero-order valence-corrected chi connectivity index (χ0v) is 23.1. The number of ether oxygens (including phenoxy) is 1. The molecule has 9 nitrogen and oxygen atoms in total. The van der Waals surface area contributed by atoms with Crippen LogP contribution >= 0.6 is 23.1 Å². The maximum Gasteiger partial charge on any atom is 0.297 e. The summed E-state index contributed by atoms with van der Waals surface area (Å²) >= 11 is 3.60. The first-order chi connectivity index (χ1) is 18.4. The molecule has 1 N–H and O–H groups in total. The van der Waals surface area contributed by atoms with Gasteiger partial charge in [0.25, 0.3) is 10.1 Å². The van der Waals surface area contributed by atoms with E-state index in [9.17, 15) is 13.5 Å². The van der Waals surface area contributed by atoms with Gasteiger partial charge in [0.05, 0.1) is 11.5 Å². The van der Waals surface area contributed by atoms with Crippen molar-refractivity contribution in [3.05, 3.63) is 65.0 Å². The molecule has 1 aliphatic rings. The Bertz CT molecular complexity index is 1510. The van der Waals surface area contributed by atoms with Crippen molar-refractivity contribution in [2.24, 2.45) is 0 Å². The van der Waals surface area contributed by atoms with Crippen molar-refractivity contribution < 1.29 is 26.9 Å². The van der Waals surface area contributed by atoms with Gasteiger partial charge in [-0.1, -0.05) is 29.0 Å². The molecule has 38 heavy (non-hydrogen) atoms. The Morgan fingerprint density at radius 1 is 1.16 bits per heavy atom. The number of nitrogens with zero attached hydrogens (tertiary/aromatic N) is 3. The molecule has 12 heteroatoms. The summed E-state index contributed by atoms with van der Waals surface area (Å²) in [4.78, 5) is 12.4. The van der Waals surface area contributed by atoms with E-state index in [1.807, 2.05) is 31.0 Å². The Labute approximate surface area is 229 Å². The van der Waals surface area contributed by atoms with Gasteiger partial charge in [-0.25, -0.2) is 9.97 Å². The molecular weight excluding hydrogens is 547 g/mol. The second-order valence-corrected chi connectivity index (χ2v) is 12.5. The standard InChI is InChI=1S/C26H27N3O6S3/c1-18-2-6-22(7-3-18)38(31,32)33-17-20(16-30)34-19-4-8-23-24(14-19)35-25(28-23)9-5-21-15-27-26(37-21)29-10-12-36-13-11-29/h2-9,14-15,20,30H,10-13,16-17H2,1H3/b9-5+. The monoisotopic (exact) mass is 573 g/mol. The Kier molecular flexibility index (Phi) is 8.34. The first kappa shape index (κ1) is 26.7. The highest BCUT2D eigenvalue weighted by Crippen LogP contribution is 2.28. The molecule has 200 valence electrons. The second-order valence-electron chi connectivity index (χ2n) is 8.63. The number of benzene rings is 2. The number of hydrogen-bond donors (Lipinski definition) is 1. The molecule has 2 aromatic carbocycles. The fourth-order valence-corrected chi connectivity index (χ4v) is 6.44. The molecule has 0 saturated carbocycles. The average Bonchev–Trinajstić information content (AvgIpc) is 3.57. The molecule has 5 rings (SSSR count). The molecule has 0 radical (unpaired) electrons. The summed E-state index contributed by atoms with van der Waals surface area (Å²) in [6.45, 7) is 3.12. The van der Waals surface area contributed by atoms with E-state index >= 15 is 0 Å². The molecule has 0 amide bonds. The van der Waals surface area contributed by atoms with Crippen LogP contribution in [0.4, 0.5) is 5.13 Å². The van der Waals surface area contributed by atoms with Crippen molar-refractivity contribution >= 4 is 61.6 Å². The van der Waals surface area contributed by atoms with Crippen molar-refractivity contribution in [3.63, 3.8) is 0 Å². The number of hydrogen-bond acceptors (Lipinski definition) is 11. The summed E-state index contributed by atoms with van der Waals surface area (Å²) in [7, 11) is -3.97. The third-order valence-corrected chi connectivity index (χ3v) is 9.05. The van der Waals surface area contributed by atoms with E-state index in [-0.39, 0.29) is 11.5 Å². The molecule has 0 bridgehead atoms. The number of thioether (sulfide) groups is 1.